The first-order chi connectivity index (χ1) is 8.83. The Labute approximate surface area is 105 Å². The van der Waals surface area contributed by atoms with Crippen LogP contribution in [0.5, 0.6) is 11.5 Å². The number of nitrogens with one attached hydrogen (secondary N) is 1. The van der Waals surface area contributed by atoms with Gasteiger partial charge in [-0.15, -0.1) is 0 Å². The Hall–Kier alpha value is -2.30. The van der Waals surface area contributed by atoms with Gasteiger partial charge in [0.15, 0.2) is 11.5 Å². The van der Waals surface area contributed by atoms with Gasteiger partial charge in [-0.1, -0.05) is 12.1 Å². The van der Waals surface area contributed by atoms with E-state index in [0.717, 1.165) is 28.7 Å². The van der Waals surface area contributed by atoms with Crippen LogP contribution in [0.4, 0.5) is 5.82 Å². The van der Waals surface area contributed by atoms with E-state index in [9.17, 15) is 0 Å². The van der Waals surface area contributed by atoms with E-state index in [4.69, 9.17) is 9.47 Å². The van der Waals surface area contributed by atoms with Crippen molar-refractivity contribution >= 4 is 5.82 Å². The average molecular weight is 243 g/mol. The number of hydrogen-bond acceptors (Lipinski definition) is 5. The van der Waals surface area contributed by atoms with Crippen LogP contribution < -0.4 is 14.8 Å². The standard InChI is InChI=1S/C13H13N3O2/c1-9-14-6-5-12(16-9)15-7-10-3-2-4-11-13(10)18-8-17-11/h2-6H,7-8H2,1H3,(H,14,15,16). The first kappa shape index (κ1) is 10.8. The molecule has 1 aliphatic rings. The van der Waals surface area contributed by atoms with Crippen molar-refractivity contribution < 1.29 is 9.47 Å². The molecule has 5 heteroatoms. The number of para-hydroxylation sites is 1. The minimum absolute atomic E-state index is 0.291. The SMILES string of the molecule is Cc1nccc(NCc2cccc3c2OCO3)n1. The molecule has 0 unspecified atom stereocenters. The number of ether oxygens (including phenoxy) is 2. The monoisotopic (exact) mass is 243 g/mol. The van der Waals surface area contributed by atoms with Crippen LogP contribution >= 0.6 is 0 Å². The van der Waals surface area contributed by atoms with Gasteiger partial charge in [-0.2, -0.15) is 0 Å². The summed E-state index contributed by atoms with van der Waals surface area (Å²) in [5.41, 5.74) is 1.06. The first-order valence-corrected chi connectivity index (χ1v) is 5.74. The fourth-order valence-corrected chi connectivity index (χ4v) is 1.87. The van der Waals surface area contributed by atoms with E-state index < -0.39 is 0 Å². The highest BCUT2D eigenvalue weighted by atomic mass is 16.7. The fourth-order valence-electron chi connectivity index (χ4n) is 1.87. The first-order valence-electron chi connectivity index (χ1n) is 5.74. The molecule has 1 aromatic carbocycles. The summed E-state index contributed by atoms with van der Waals surface area (Å²) in [6.45, 7) is 2.80. The number of aromatic nitrogens is 2. The predicted molar refractivity (Wildman–Crippen MR) is 66.7 cm³/mol. The molecule has 0 saturated heterocycles. The van der Waals surface area contributed by atoms with E-state index in [2.05, 4.69) is 15.3 Å². The molecule has 1 aromatic heterocycles. The second-order valence-corrected chi connectivity index (χ2v) is 3.99. The molecule has 18 heavy (non-hydrogen) atoms. The fraction of sp³-hybridized carbons (Fsp3) is 0.231. The van der Waals surface area contributed by atoms with Crippen molar-refractivity contribution in [2.45, 2.75) is 13.5 Å². The van der Waals surface area contributed by atoms with E-state index >= 15 is 0 Å². The second kappa shape index (κ2) is 4.52. The summed E-state index contributed by atoms with van der Waals surface area (Å²) in [5.74, 6) is 3.17. The smallest absolute Gasteiger partial charge is 0.231 e. The zero-order chi connectivity index (χ0) is 12.4. The molecule has 5 nitrogen and oxygen atoms in total. The Kier molecular flexibility index (Phi) is 2.72. The maximum Gasteiger partial charge on any atom is 0.231 e. The molecule has 0 bridgehead atoms. The molecule has 2 aromatic rings. The molecular formula is C13H13N3O2. The molecule has 0 atom stereocenters. The molecule has 1 aliphatic heterocycles. The van der Waals surface area contributed by atoms with Crippen LogP contribution in [0.3, 0.4) is 0 Å². The minimum atomic E-state index is 0.291. The van der Waals surface area contributed by atoms with Gasteiger partial charge in [-0.05, 0) is 19.1 Å². The van der Waals surface area contributed by atoms with Crippen LogP contribution in [0.1, 0.15) is 11.4 Å². The molecule has 3 rings (SSSR count). The van der Waals surface area contributed by atoms with Gasteiger partial charge in [-0.3, -0.25) is 0 Å². The predicted octanol–water partition coefficient (Wildman–Crippen LogP) is 2.13. The van der Waals surface area contributed by atoms with Gasteiger partial charge in [0.2, 0.25) is 6.79 Å². The molecule has 0 fully saturated rings. The Morgan fingerprint density at radius 2 is 2.22 bits per heavy atom. The van der Waals surface area contributed by atoms with Crippen LogP contribution in [-0.4, -0.2) is 16.8 Å². The molecular weight excluding hydrogens is 230 g/mol. The number of anilines is 1. The number of fused-ring (bicyclic) bond motifs is 1. The van der Waals surface area contributed by atoms with E-state index in [1.165, 1.54) is 0 Å². The van der Waals surface area contributed by atoms with E-state index in [1.54, 1.807) is 6.20 Å². The molecule has 92 valence electrons. The number of aryl methyl sites for hydroxylation is 1. The van der Waals surface area contributed by atoms with Crippen molar-refractivity contribution in [1.29, 1.82) is 0 Å². The largest absolute Gasteiger partial charge is 0.454 e. The maximum absolute atomic E-state index is 5.45. The van der Waals surface area contributed by atoms with Crippen molar-refractivity contribution in [2.75, 3.05) is 12.1 Å². The zero-order valence-electron chi connectivity index (χ0n) is 10.0. The topological polar surface area (TPSA) is 56.3 Å². The summed E-state index contributed by atoms with van der Waals surface area (Å²) in [5, 5.41) is 3.24. The third-order valence-corrected chi connectivity index (χ3v) is 2.71. The highest BCUT2D eigenvalue weighted by molar-refractivity contribution is 5.49. The lowest BCUT2D eigenvalue weighted by molar-refractivity contribution is 0.173. The van der Waals surface area contributed by atoms with Gasteiger partial charge in [0.1, 0.15) is 11.6 Å². The number of rotatable bonds is 3. The summed E-state index contributed by atoms with van der Waals surface area (Å²) in [6.07, 6.45) is 1.74. The molecule has 0 aliphatic carbocycles. The van der Waals surface area contributed by atoms with Crippen molar-refractivity contribution in [2.24, 2.45) is 0 Å². The molecule has 0 spiro atoms. The third-order valence-electron chi connectivity index (χ3n) is 2.71. The van der Waals surface area contributed by atoms with Crippen LogP contribution in [-0.2, 0) is 6.54 Å². The molecule has 2 heterocycles. The lowest BCUT2D eigenvalue weighted by Crippen LogP contribution is -2.03. The Balaban J connectivity index is 1.76. The van der Waals surface area contributed by atoms with Crippen LogP contribution in [0.2, 0.25) is 0 Å². The van der Waals surface area contributed by atoms with Gasteiger partial charge in [0.25, 0.3) is 0 Å². The summed E-state index contributed by atoms with van der Waals surface area (Å²) >= 11 is 0. The molecule has 0 amide bonds. The maximum atomic E-state index is 5.45. The van der Waals surface area contributed by atoms with Gasteiger partial charge in [0.05, 0.1) is 0 Å². The van der Waals surface area contributed by atoms with Gasteiger partial charge < -0.3 is 14.8 Å². The van der Waals surface area contributed by atoms with Crippen molar-refractivity contribution in [3.63, 3.8) is 0 Å². The average Bonchev–Trinajstić information content (AvgIpc) is 2.85. The van der Waals surface area contributed by atoms with Crippen LogP contribution in [0.25, 0.3) is 0 Å². The third kappa shape index (κ3) is 2.07. The van der Waals surface area contributed by atoms with Gasteiger partial charge in [-0.25, -0.2) is 9.97 Å². The minimum Gasteiger partial charge on any atom is -0.454 e. The highest BCUT2D eigenvalue weighted by Gasteiger charge is 2.16. The summed E-state index contributed by atoms with van der Waals surface area (Å²) in [6, 6.07) is 7.71. The summed E-state index contributed by atoms with van der Waals surface area (Å²) in [4.78, 5) is 8.34. The van der Waals surface area contributed by atoms with E-state index in [0.29, 0.717) is 13.3 Å². The Morgan fingerprint density at radius 1 is 1.28 bits per heavy atom. The van der Waals surface area contributed by atoms with Crippen molar-refractivity contribution in [1.82, 2.24) is 9.97 Å². The summed E-state index contributed by atoms with van der Waals surface area (Å²) < 4.78 is 10.8. The highest BCUT2D eigenvalue weighted by Crippen LogP contribution is 2.35. The quantitative estimate of drug-likeness (QED) is 0.894. The Morgan fingerprint density at radius 3 is 3.11 bits per heavy atom. The normalized spacial score (nSPS) is 12.5. The molecule has 0 saturated carbocycles. The van der Waals surface area contributed by atoms with E-state index in [-0.39, 0.29) is 0 Å². The number of benzene rings is 1. The summed E-state index contributed by atoms with van der Waals surface area (Å²) in [7, 11) is 0. The van der Waals surface area contributed by atoms with Crippen LogP contribution in [0, 0.1) is 6.92 Å². The lowest BCUT2D eigenvalue weighted by Gasteiger charge is -2.08. The zero-order valence-corrected chi connectivity index (χ0v) is 10.0. The van der Waals surface area contributed by atoms with Crippen molar-refractivity contribution in [3.05, 3.63) is 41.9 Å². The van der Waals surface area contributed by atoms with Gasteiger partial charge in [0, 0.05) is 18.3 Å². The second-order valence-electron chi connectivity index (χ2n) is 3.99. The van der Waals surface area contributed by atoms with Crippen LogP contribution in [0.15, 0.2) is 30.5 Å². The number of nitrogens with zero attached hydrogens (tertiary/aromatic N) is 2. The molecule has 1 N–H and O–H groups in total. The Bertz CT molecular complexity index is 572. The van der Waals surface area contributed by atoms with Crippen molar-refractivity contribution in [3.8, 4) is 11.5 Å². The lowest BCUT2D eigenvalue weighted by atomic mass is 10.2. The number of hydrogen-bond donors (Lipinski definition) is 1. The van der Waals surface area contributed by atoms with Gasteiger partial charge >= 0.3 is 0 Å². The molecule has 0 radical (unpaired) electrons. The van der Waals surface area contributed by atoms with E-state index in [1.807, 2.05) is 31.2 Å².